The normalized spacial score (nSPS) is 14.7. The van der Waals surface area contributed by atoms with Gasteiger partial charge in [0.1, 0.15) is 0 Å². The first-order valence-electron chi connectivity index (χ1n) is 5.14. The molecule has 3 heteroatoms. The molecule has 1 aromatic heterocycles. The topological polar surface area (TPSA) is 42.0 Å². The van der Waals surface area contributed by atoms with E-state index >= 15 is 0 Å². The van der Waals surface area contributed by atoms with Crippen molar-refractivity contribution in [2.24, 2.45) is 0 Å². The van der Waals surface area contributed by atoms with Gasteiger partial charge in [-0.3, -0.25) is 9.78 Å². The fourth-order valence-corrected chi connectivity index (χ4v) is 1.47. The van der Waals surface area contributed by atoms with Crippen LogP contribution in [0.15, 0.2) is 31.0 Å². The SMILES string of the molecule is C=CC(=O)NCc1ccnc(C2CC2)c1. The van der Waals surface area contributed by atoms with E-state index in [0.717, 1.165) is 11.3 Å². The quantitative estimate of drug-likeness (QED) is 0.756. The number of carbonyl (C=O) groups is 1. The third-order valence-electron chi connectivity index (χ3n) is 2.49. The van der Waals surface area contributed by atoms with Gasteiger partial charge in [0.05, 0.1) is 0 Å². The number of amides is 1. The third kappa shape index (κ3) is 2.65. The van der Waals surface area contributed by atoms with E-state index in [-0.39, 0.29) is 5.91 Å². The summed E-state index contributed by atoms with van der Waals surface area (Å²) in [6, 6.07) is 4.00. The zero-order valence-corrected chi connectivity index (χ0v) is 8.57. The van der Waals surface area contributed by atoms with Crippen molar-refractivity contribution >= 4 is 5.91 Å². The first-order valence-corrected chi connectivity index (χ1v) is 5.14. The van der Waals surface area contributed by atoms with E-state index in [1.54, 1.807) is 0 Å². The van der Waals surface area contributed by atoms with Crippen LogP contribution in [-0.4, -0.2) is 10.9 Å². The molecule has 1 heterocycles. The molecule has 0 radical (unpaired) electrons. The summed E-state index contributed by atoms with van der Waals surface area (Å²) in [6.45, 7) is 3.95. The number of nitrogens with zero attached hydrogens (tertiary/aromatic N) is 1. The Morgan fingerprint density at radius 2 is 2.47 bits per heavy atom. The maximum Gasteiger partial charge on any atom is 0.243 e. The molecule has 1 aliphatic carbocycles. The second-order valence-corrected chi connectivity index (χ2v) is 3.79. The minimum atomic E-state index is -0.139. The Morgan fingerprint density at radius 1 is 1.67 bits per heavy atom. The van der Waals surface area contributed by atoms with Gasteiger partial charge in [0, 0.05) is 24.4 Å². The van der Waals surface area contributed by atoms with Gasteiger partial charge in [0.2, 0.25) is 5.91 Å². The molecule has 0 saturated heterocycles. The molecule has 1 amide bonds. The Hall–Kier alpha value is -1.64. The van der Waals surface area contributed by atoms with Crippen molar-refractivity contribution in [3.63, 3.8) is 0 Å². The molecule has 1 saturated carbocycles. The maximum absolute atomic E-state index is 11.0. The Balaban J connectivity index is 1.98. The van der Waals surface area contributed by atoms with E-state index in [1.807, 2.05) is 12.3 Å². The van der Waals surface area contributed by atoms with Crippen molar-refractivity contribution in [1.82, 2.24) is 10.3 Å². The maximum atomic E-state index is 11.0. The van der Waals surface area contributed by atoms with Crippen LogP contribution in [0.3, 0.4) is 0 Å². The van der Waals surface area contributed by atoms with Crippen LogP contribution in [0.1, 0.15) is 30.0 Å². The number of hydrogen-bond donors (Lipinski definition) is 1. The zero-order valence-electron chi connectivity index (χ0n) is 8.57. The Kier molecular flexibility index (Phi) is 2.81. The van der Waals surface area contributed by atoms with Crippen LogP contribution in [0.4, 0.5) is 0 Å². The minimum Gasteiger partial charge on any atom is -0.348 e. The van der Waals surface area contributed by atoms with E-state index in [2.05, 4.69) is 22.9 Å². The summed E-state index contributed by atoms with van der Waals surface area (Å²) in [5, 5.41) is 2.75. The molecule has 78 valence electrons. The highest BCUT2D eigenvalue weighted by Crippen LogP contribution is 2.38. The lowest BCUT2D eigenvalue weighted by Gasteiger charge is -2.04. The van der Waals surface area contributed by atoms with Crippen molar-refractivity contribution < 1.29 is 4.79 Å². The molecule has 2 rings (SSSR count). The molecule has 0 aromatic carbocycles. The number of hydrogen-bond acceptors (Lipinski definition) is 2. The first-order chi connectivity index (χ1) is 7.29. The average molecular weight is 202 g/mol. The van der Waals surface area contributed by atoms with Gasteiger partial charge in [-0.25, -0.2) is 0 Å². The number of pyridine rings is 1. The van der Waals surface area contributed by atoms with Crippen molar-refractivity contribution in [3.05, 3.63) is 42.2 Å². The van der Waals surface area contributed by atoms with Gasteiger partial charge in [-0.2, -0.15) is 0 Å². The molecule has 1 fully saturated rings. The summed E-state index contributed by atoms with van der Waals surface area (Å²) in [4.78, 5) is 15.3. The molecule has 1 N–H and O–H groups in total. The molecular weight excluding hydrogens is 188 g/mol. The zero-order chi connectivity index (χ0) is 10.7. The van der Waals surface area contributed by atoms with E-state index in [9.17, 15) is 4.79 Å². The van der Waals surface area contributed by atoms with Gasteiger partial charge in [0.15, 0.2) is 0 Å². The Bertz CT molecular complexity index is 383. The monoisotopic (exact) mass is 202 g/mol. The van der Waals surface area contributed by atoms with Gasteiger partial charge in [-0.05, 0) is 36.6 Å². The summed E-state index contributed by atoms with van der Waals surface area (Å²) in [5.74, 6) is 0.514. The van der Waals surface area contributed by atoms with Gasteiger partial charge >= 0.3 is 0 Å². The van der Waals surface area contributed by atoms with Crippen LogP contribution in [0, 0.1) is 0 Å². The number of aromatic nitrogens is 1. The van der Waals surface area contributed by atoms with Crippen molar-refractivity contribution in [1.29, 1.82) is 0 Å². The van der Waals surface area contributed by atoms with Gasteiger partial charge in [-0.15, -0.1) is 0 Å². The van der Waals surface area contributed by atoms with Crippen LogP contribution in [0.25, 0.3) is 0 Å². The van der Waals surface area contributed by atoms with E-state index in [4.69, 9.17) is 0 Å². The summed E-state index contributed by atoms with van der Waals surface area (Å²) in [7, 11) is 0. The molecule has 0 unspecified atom stereocenters. The van der Waals surface area contributed by atoms with E-state index in [0.29, 0.717) is 12.5 Å². The van der Waals surface area contributed by atoms with Gasteiger partial charge < -0.3 is 5.32 Å². The van der Waals surface area contributed by atoms with Crippen LogP contribution in [-0.2, 0) is 11.3 Å². The van der Waals surface area contributed by atoms with Crippen LogP contribution >= 0.6 is 0 Å². The molecule has 0 spiro atoms. The third-order valence-corrected chi connectivity index (χ3v) is 2.49. The molecule has 1 aromatic rings. The van der Waals surface area contributed by atoms with Crippen molar-refractivity contribution in [2.75, 3.05) is 0 Å². The molecule has 0 bridgehead atoms. The highest BCUT2D eigenvalue weighted by molar-refractivity contribution is 5.86. The number of rotatable bonds is 4. The lowest BCUT2D eigenvalue weighted by atomic mass is 10.2. The predicted molar refractivity (Wildman–Crippen MR) is 58.3 cm³/mol. The smallest absolute Gasteiger partial charge is 0.243 e. The van der Waals surface area contributed by atoms with E-state index in [1.165, 1.54) is 18.9 Å². The van der Waals surface area contributed by atoms with E-state index < -0.39 is 0 Å². The van der Waals surface area contributed by atoms with Gasteiger partial charge in [-0.1, -0.05) is 6.58 Å². The molecule has 0 aliphatic heterocycles. The lowest BCUT2D eigenvalue weighted by Crippen LogP contribution is -2.20. The highest BCUT2D eigenvalue weighted by atomic mass is 16.1. The summed E-state index contributed by atoms with van der Waals surface area (Å²) >= 11 is 0. The molecule has 1 aliphatic rings. The minimum absolute atomic E-state index is 0.139. The molecule has 15 heavy (non-hydrogen) atoms. The predicted octanol–water partition coefficient (Wildman–Crippen LogP) is 1.76. The number of nitrogens with one attached hydrogen (secondary N) is 1. The van der Waals surface area contributed by atoms with Crippen LogP contribution in [0.2, 0.25) is 0 Å². The fourth-order valence-electron chi connectivity index (χ4n) is 1.47. The second-order valence-electron chi connectivity index (χ2n) is 3.79. The molecule has 0 atom stereocenters. The average Bonchev–Trinajstić information content (AvgIpc) is 3.10. The van der Waals surface area contributed by atoms with Crippen molar-refractivity contribution in [3.8, 4) is 0 Å². The number of carbonyl (C=O) groups excluding carboxylic acids is 1. The Labute approximate surface area is 89.2 Å². The second kappa shape index (κ2) is 4.26. The fraction of sp³-hybridized carbons (Fsp3) is 0.333. The first kappa shape index (κ1) is 9.90. The molecule has 3 nitrogen and oxygen atoms in total. The van der Waals surface area contributed by atoms with Crippen LogP contribution in [0.5, 0.6) is 0 Å². The molecular formula is C12H14N2O. The van der Waals surface area contributed by atoms with Crippen molar-refractivity contribution in [2.45, 2.75) is 25.3 Å². The standard InChI is InChI=1S/C12H14N2O/c1-2-12(15)14-8-9-5-6-13-11(7-9)10-3-4-10/h2,5-7,10H,1,3-4,8H2,(H,14,15). The largest absolute Gasteiger partial charge is 0.348 e. The summed E-state index contributed by atoms with van der Waals surface area (Å²) in [5.41, 5.74) is 2.25. The summed E-state index contributed by atoms with van der Waals surface area (Å²) < 4.78 is 0. The Morgan fingerprint density at radius 3 is 3.13 bits per heavy atom. The van der Waals surface area contributed by atoms with Crippen LogP contribution < -0.4 is 5.32 Å². The highest BCUT2D eigenvalue weighted by Gasteiger charge is 2.24. The lowest BCUT2D eigenvalue weighted by molar-refractivity contribution is -0.116. The van der Waals surface area contributed by atoms with Gasteiger partial charge in [0.25, 0.3) is 0 Å². The summed E-state index contributed by atoms with van der Waals surface area (Å²) in [6.07, 6.45) is 5.58.